The molecule has 0 radical (unpaired) electrons. The zero-order valence-corrected chi connectivity index (χ0v) is 21.2. The number of oxazole rings is 1. The zero-order valence-electron chi connectivity index (χ0n) is 21.2. The van der Waals surface area contributed by atoms with Gasteiger partial charge in [0.05, 0.1) is 12.6 Å². The molecule has 1 heterocycles. The van der Waals surface area contributed by atoms with Crippen molar-refractivity contribution in [1.29, 1.82) is 0 Å². The molecule has 0 saturated heterocycles. The van der Waals surface area contributed by atoms with Crippen molar-refractivity contribution in [1.82, 2.24) is 15.6 Å². The van der Waals surface area contributed by atoms with Gasteiger partial charge >= 0.3 is 6.61 Å². The quantitative estimate of drug-likeness (QED) is 0.211. The Morgan fingerprint density at radius 3 is 2.54 bits per heavy atom. The largest absolute Gasteiger partial charge is 0.490 e. The predicted octanol–water partition coefficient (Wildman–Crippen LogP) is 4.47. The number of nitrogens with two attached hydrogens (primary N) is 1. The summed E-state index contributed by atoms with van der Waals surface area (Å²) < 4.78 is 68.8. The summed E-state index contributed by atoms with van der Waals surface area (Å²) in [5.41, 5.74) is 6.13. The maximum absolute atomic E-state index is 13.9. The van der Waals surface area contributed by atoms with Gasteiger partial charge < -0.3 is 30.3 Å². The summed E-state index contributed by atoms with van der Waals surface area (Å²) in [7, 11) is 1.53. The first-order valence-electron chi connectivity index (χ1n) is 12.0. The molecule has 0 saturated carbocycles. The van der Waals surface area contributed by atoms with Crippen LogP contribution in [0.4, 0.5) is 17.6 Å². The molecule has 210 valence electrons. The van der Waals surface area contributed by atoms with Crippen LogP contribution in [-0.2, 0) is 11.3 Å². The summed E-state index contributed by atoms with van der Waals surface area (Å²) in [4.78, 5) is 28.4. The fraction of sp³-hybridized carbons (Fsp3) is 0.346. The summed E-state index contributed by atoms with van der Waals surface area (Å²) >= 11 is 0. The number of benzene rings is 2. The second-order valence-electron chi connectivity index (χ2n) is 8.46. The second kappa shape index (κ2) is 13.6. The van der Waals surface area contributed by atoms with Crippen molar-refractivity contribution in [2.45, 2.75) is 45.4 Å². The van der Waals surface area contributed by atoms with Gasteiger partial charge in [0.2, 0.25) is 11.8 Å². The van der Waals surface area contributed by atoms with E-state index < -0.39 is 30.2 Å². The third-order valence-corrected chi connectivity index (χ3v) is 5.48. The molecule has 9 nitrogen and oxygen atoms in total. The van der Waals surface area contributed by atoms with Crippen LogP contribution < -0.4 is 25.8 Å². The zero-order chi connectivity index (χ0) is 28.5. The average molecular weight is 553 g/mol. The van der Waals surface area contributed by atoms with E-state index in [9.17, 15) is 27.2 Å². The first kappa shape index (κ1) is 29.4. The summed E-state index contributed by atoms with van der Waals surface area (Å²) in [6.45, 7) is -1.67. The summed E-state index contributed by atoms with van der Waals surface area (Å²) in [6, 6.07) is 6.21. The van der Waals surface area contributed by atoms with E-state index in [2.05, 4.69) is 20.4 Å². The van der Waals surface area contributed by atoms with Crippen LogP contribution >= 0.6 is 0 Å². The van der Waals surface area contributed by atoms with Gasteiger partial charge in [-0.25, -0.2) is 13.8 Å². The molecule has 1 atom stereocenters. The van der Waals surface area contributed by atoms with Crippen LogP contribution in [0.15, 0.2) is 40.8 Å². The number of hydrogen-bond acceptors (Lipinski definition) is 7. The van der Waals surface area contributed by atoms with Gasteiger partial charge in [0.25, 0.3) is 5.91 Å². The van der Waals surface area contributed by atoms with Crippen molar-refractivity contribution in [2.24, 2.45) is 5.73 Å². The van der Waals surface area contributed by atoms with Crippen LogP contribution in [0.25, 0.3) is 11.5 Å². The number of nitrogens with one attached hydrogen (secondary N) is 2. The first-order valence-corrected chi connectivity index (χ1v) is 12.0. The minimum absolute atomic E-state index is 0.0222. The molecular weight excluding hydrogens is 524 g/mol. The van der Waals surface area contributed by atoms with Gasteiger partial charge in [-0.3, -0.25) is 9.59 Å². The molecule has 2 aromatic carbocycles. The Hall–Kier alpha value is -4.13. The molecule has 4 N–H and O–H groups in total. The molecule has 0 bridgehead atoms. The Labute approximate surface area is 221 Å². The fourth-order valence-corrected chi connectivity index (χ4v) is 3.49. The lowest BCUT2D eigenvalue weighted by molar-refractivity contribution is -0.120. The molecule has 0 aliphatic heterocycles. The maximum Gasteiger partial charge on any atom is 0.387 e. The smallest absolute Gasteiger partial charge is 0.387 e. The van der Waals surface area contributed by atoms with Crippen LogP contribution in [-0.4, -0.2) is 37.1 Å². The average Bonchev–Trinajstić information content (AvgIpc) is 3.34. The molecular formula is C26H28F4N4O5. The Morgan fingerprint density at radius 2 is 1.87 bits per heavy atom. The molecule has 39 heavy (non-hydrogen) atoms. The highest BCUT2D eigenvalue weighted by molar-refractivity contribution is 5.94. The number of unbranched alkanes of at least 4 members (excludes halogenated alkanes) is 1. The number of halogens is 4. The lowest BCUT2D eigenvalue weighted by Gasteiger charge is -2.13. The third-order valence-electron chi connectivity index (χ3n) is 5.48. The number of rotatable bonds is 13. The summed E-state index contributed by atoms with van der Waals surface area (Å²) in [5.74, 6) is -2.68. The molecule has 1 aromatic heterocycles. The lowest BCUT2D eigenvalue weighted by atomic mass is 10.2. The molecule has 13 heteroatoms. The standard InChI is InChI=1S/C26H28F4N4O5/c1-14(31)23-22(24(36)33-13-16-6-8-17(27)12-18(16)28)34-25(39-23)15-7-9-19(38-26(29)30)20(11-15)37-10-4-3-5-21(35)32-2/h6-9,11-12,14,26H,3-5,10,13,31H2,1-2H3,(H,32,35)(H,33,36). The van der Waals surface area contributed by atoms with Gasteiger partial charge in [0, 0.05) is 37.2 Å². The number of aromatic nitrogens is 1. The van der Waals surface area contributed by atoms with Gasteiger partial charge in [0.1, 0.15) is 11.6 Å². The van der Waals surface area contributed by atoms with E-state index in [-0.39, 0.29) is 65.5 Å². The van der Waals surface area contributed by atoms with Crippen LogP contribution in [0.5, 0.6) is 11.5 Å². The van der Waals surface area contributed by atoms with Crippen molar-refractivity contribution in [3.63, 3.8) is 0 Å². The Morgan fingerprint density at radius 1 is 1.10 bits per heavy atom. The number of ether oxygens (including phenoxy) is 2. The number of amides is 2. The predicted molar refractivity (Wildman–Crippen MR) is 132 cm³/mol. The lowest BCUT2D eigenvalue weighted by Crippen LogP contribution is -2.25. The Bertz CT molecular complexity index is 1300. The van der Waals surface area contributed by atoms with Crippen molar-refractivity contribution in [2.75, 3.05) is 13.7 Å². The summed E-state index contributed by atoms with van der Waals surface area (Å²) in [6.07, 6.45) is 1.27. The minimum Gasteiger partial charge on any atom is -0.490 e. The van der Waals surface area contributed by atoms with E-state index in [0.29, 0.717) is 18.9 Å². The highest BCUT2D eigenvalue weighted by atomic mass is 19.3. The molecule has 0 aliphatic rings. The van der Waals surface area contributed by atoms with Crippen LogP contribution in [0.2, 0.25) is 0 Å². The summed E-state index contributed by atoms with van der Waals surface area (Å²) in [5, 5.41) is 5.00. The molecule has 2 amide bonds. The molecule has 0 aliphatic carbocycles. The van der Waals surface area contributed by atoms with Crippen molar-refractivity contribution < 1.29 is 41.0 Å². The molecule has 3 rings (SSSR count). The van der Waals surface area contributed by atoms with Gasteiger partial charge in [-0.1, -0.05) is 6.07 Å². The van der Waals surface area contributed by atoms with Gasteiger partial charge in [-0.05, 0) is 44.0 Å². The number of alkyl halides is 2. The van der Waals surface area contributed by atoms with Crippen LogP contribution in [0.1, 0.15) is 54.0 Å². The fourth-order valence-electron chi connectivity index (χ4n) is 3.49. The van der Waals surface area contributed by atoms with E-state index in [1.54, 1.807) is 6.92 Å². The van der Waals surface area contributed by atoms with Gasteiger partial charge in [-0.15, -0.1) is 0 Å². The molecule has 3 aromatic rings. The van der Waals surface area contributed by atoms with Crippen molar-refractivity contribution in [3.8, 4) is 23.0 Å². The van der Waals surface area contributed by atoms with Gasteiger partial charge in [0.15, 0.2) is 23.0 Å². The maximum atomic E-state index is 13.9. The van der Waals surface area contributed by atoms with Gasteiger partial charge in [-0.2, -0.15) is 8.78 Å². The second-order valence-corrected chi connectivity index (χ2v) is 8.46. The molecule has 1 unspecified atom stereocenters. The number of carbonyl (C=O) groups is 2. The van der Waals surface area contributed by atoms with E-state index in [0.717, 1.165) is 6.07 Å². The van der Waals surface area contributed by atoms with Crippen molar-refractivity contribution >= 4 is 11.8 Å². The third kappa shape index (κ3) is 8.18. The Kier molecular flexibility index (Phi) is 10.3. The van der Waals surface area contributed by atoms with E-state index in [4.69, 9.17) is 14.9 Å². The molecule has 0 fully saturated rings. The van der Waals surface area contributed by atoms with E-state index in [1.807, 2.05) is 0 Å². The van der Waals surface area contributed by atoms with Crippen LogP contribution in [0, 0.1) is 11.6 Å². The first-order chi connectivity index (χ1) is 18.6. The normalized spacial score (nSPS) is 11.8. The number of carbonyl (C=O) groups excluding carboxylic acids is 2. The SMILES string of the molecule is CNC(=O)CCCCOc1cc(-c2nc(C(=O)NCc3ccc(F)cc3F)c(C(C)N)o2)ccc1OC(F)F. The van der Waals surface area contributed by atoms with Crippen molar-refractivity contribution in [3.05, 3.63) is 65.1 Å². The Balaban J connectivity index is 1.80. The van der Waals surface area contributed by atoms with Crippen LogP contribution in [0.3, 0.4) is 0 Å². The highest BCUT2D eigenvalue weighted by Gasteiger charge is 2.24. The number of nitrogens with zero attached hydrogens (tertiary/aromatic N) is 1. The monoisotopic (exact) mass is 552 g/mol. The topological polar surface area (TPSA) is 129 Å². The van der Waals surface area contributed by atoms with E-state index in [1.165, 1.54) is 31.3 Å². The number of hydrogen-bond donors (Lipinski definition) is 3. The molecule has 0 spiro atoms. The van der Waals surface area contributed by atoms with E-state index >= 15 is 0 Å². The highest BCUT2D eigenvalue weighted by Crippen LogP contribution is 2.35. The minimum atomic E-state index is -3.10.